The van der Waals surface area contributed by atoms with Gasteiger partial charge in [-0.05, 0) is 24.8 Å². The highest BCUT2D eigenvalue weighted by Crippen LogP contribution is 2.10. The first-order valence-electron chi connectivity index (χ1n) is 11.7. The fraction of sp³-hybridized carbons (Fsp3) is 0.542. The molecule has 8 N–H and O–H groups in total. The molecular formula is C24H36N4O8. The molecule has 1 aromatic rings. The van der Waals surface area contributed by atoms with E-state index >= 15 is 0 Å². The van der Waals surface area contributed by atoms with Gasteiger partial charge in [-0.3, -0.25) is 19.2 Å². The maximum atomic E-state index is 13.1. The molecule has 1 rings (SSSR count). The number of nitrogens with two attached hydrogens (primary N) is 1. The molecule has 0 heterocycles. The third-order valence-corrected chi connectivity index (χ3v) is 5.79. The number of hydrogen-bond donors (Lipinski definition) is 7. The summed E-state index contributed by atoms with van der Waals surface area (Å²) >= 11 is 0. The van der Waals surface area contributed by atoms with Crippen LogP contribution in [0, 0.1) is 5.92 Å². The van der Waals surface area contributed by atoms with E-state index in [0.29, 0.717) is 12.0 Å². The van der Waals surface area contributed by atoms with Gasteiger partial charge in [-0.1, -0.05) is 50.6 Å². The van der Waals surface area contributed by atoms with Crippen LogP contribution in [0.5, 0.6) is 0 Å². The summed E-state index contributed by atoms with van der Waals surface area (Å²) < 4.78 is 0. The molecule has 0 aliphatic carbocycles. The maximum absolute atomic E-state index is 13.1. The fourth-order valence-electron chi connectivity index (χ4n) is 3.29. The summed E-state index contributed by atoms with van der Waals surface area (Å²) in [6.45, 7) is 4.74. The normalized spacial score (nSPS) is 15.9. The third kappa shape index (κ3) is 10.0. The highest BCUT2D eigenvalue weighted by atomic mass is 16.4. The van der Waals surface area contributed by atoms with Crippen LogP contribution in [-0.4, -0.2) is 75.3 Å². The topological polar surface area (TPSA) is 208 Å². The minimum Gasteiger partial charge on any atom is -0.481 e. The van der Waals surface area contributed by atoms with Crippen LogP contribution in [0.15, 0.2) is 30.3 Å². The zero-order valence-electron chi connectivity index (χ0n) is 20.6. The van der Waals surface area contributed by atoms with Gasteiger partial charge in [0.2, 0.25) is 17.7 Å². The van der Waals surface area contributed by atoms with Gasteiger partial charge in [-0.15, -0.1) is 0 Å². The number of rotatable bonds is 15. The zero-order valence-corrected chi connectivity index (χ0v) is 20.6. The summed E-state index contributed by atoms with van der Waals surface area (Å²) in [7, 11) is 0. The molecule has 200 valence electrons. The van der Waals surface area contributed by atoms with E-state index in [-0.39, 0.29) is 18.8 Å². The van der Waals surface area contributed by atoms with Crippen molar-refractivity contribution < 1.29 is 39.3 Å². The van der Waals surface area contributed by atoms with Gasteiger partial charge in [0, 0.05) is 12.8 Å². The molecule has 0 saturated heterocycles. The van der Waals surface area contributed by atoms with Crippen LogP contribution < -0.4 is 21.7 Å². The second kappa shape index (κ2) is 14.8. The first-order valence-corrected chi connectivity index (χ1v) is 11.7. The lowest BCUT2D eigenvalue weighted by molar-refractivity contribution is -0.143. The number of carbonyl (C=O) groups excluding carboxylic acids is 3. The van der Waals surface area contributed by atoms with E-state index in [9.17, 15) is 34.2 Å². The maximum Gasteiger partial charge on any atom is 0.326 e. The molecule has 0 fully saturated rings. The van der Waals surface area contributed by atoms with Gasteiger partial charge in [0.05, 0.1) is 6.10 Å². The van der Waals surface area contributed by atoms with Gasteiger partial charge in [0.25, 0.3) is 0 Å². The molecule has 36 heavy (non-hydrogen) atoms. The van der Waals surface area contributed by atoms with E-state index in [2.05, 4.69) is 16.0 Å². The van der Waals surface area contributed by atoms with Crippen molar-refractivity contribution in [1.82, 2.24) is 16.0 Å². The molecule has 6 atom stereocenters. The zero-order chi connectivity index (χ0) is 27.4. The number of carboxylic acids is 2. The number of hydrogen-bond acceptors (Lipinski definition) is 7. The molecule has 0 bridgehead atoms. The molecule has 0 spiro atoms. The Labute approximate surface area is 209 Å². The largest absolute Gasteiger partial charge is 0.481 e. The predicted octanol–water partition coefficient (Wildman–Crippen LogP) is -0.613. The van der Waals surface area contributed by atoms with E-state index in [0.717, 1.165) is 0 Å². The number of aliphatic carboxylic acids is 2. The Hall–Kier alpha value is -3.51. The predicted molar refractivity (Wildman–Crippen MR) is 130 cm³/mol. The smallest absolute Gasteiger partial charge is 0.326 e. The molecule has 12 heteroatoms. The summed E-state index contributed by atoms with van der Waals surface area (Å²) in [6.07, 6.45) is -1.49. The molecule has 0 aliphatic rings. The number of benzene rings is 1. The minimum absolute atomic E-state index is 0.0119. The van der Waals surface area contributed by atoms with Crippen molar-refractivity contribution in [3.63, 3.8) is 0 Å². The number of aliphatic hydroxyl groups excluding tert-OH is 1. The Bertz CT molecular complexity index is 909. The van der Waals surface area contributed by atoms with E-state index < -0.39 is 66.4 Å². The monoisotopic (exact) mass is 508 g/mol. The van der Waals surface area contributed by atoms with Crippen LogP contribution in [0.25, 0.3) is 0 Å². The first-order chi connectivity index (χ1) is 16.9. The van der Waals surface area contributed by atoms with Gasteiger partial charge in [-0.25, -0.2) is 4.79 Å². The van der Waals surface area contributed by atoms with E-state index in [1.54, 1.807) is 44.2 Å². The number of amides is 3. The standard InChI is InChI=1S/C24H36N4O8/c1-4-13(2)20(24(35)36)28-22(33)17(12-15-8-6-5-7-9-15)27-21(32)16(10-11-18(30)31)26-23(34)19(25)14(3)29/h5-9,13-14,16-17,19-20,29H,4,10-12,25H2,1-3H3,(H,26,34)(H,27,32)(H,28,33)(H,30,31)(H,35,36). The molecule has 0 aliphatic heterocycles. The molecular weight excluding hydrogens is 472 g/mol. The van der Waals surface area contributed by atoms with Crippen molar-refractivity contribution in [2.75, 3.05) is 0 Å². The third-order valence-electron chi connectivity index (χ3n) is 5.79. The van der Waals surface area contributed by atoms with Crippen molar-refractivity contribution in [2.24, 2.45) is 11.7 Å². The number of carboxylic acid groups (broad SMARTS) is 2. The molecule has 12 nitrogen and oxygen atoms in total. The van der Waals surface area contributed by atoms with Crippen molar-refractivity contribution >= 4 is 29.7 Å². The molecule has 3 amide bonds. The van der Waals surface area contributed by atoms with Crippen molar-refractivity contribution in [3.05, 3.63) is 35.9 Å². The molecule has 0 aromatic heterocycles. The second-order valence-electron chi connectivity index (χ2n) is 8.72. The highest BCUT2D eigenvalue weighted by Gasteiger charge is 2.32. The Morgan fingerprint density at radius 3 is 1.94 bits per heavy atom. The fourth-order valence-corrected chi connectivity index (χ4v) is 3.29. The van der Waals surface area contributed by atoms with Crippen LogP contribution in [0.1, 0.15) is 45.6 Å². The lowest BCUT2D eigenvalue weighted by Crippen LogP contribution is -2.59. The van der Waals surface area contributed by atoms with Crippen molar-refractivity contribution in [3.8, 4) is 0 Å². The second-order valence-corrected chi connectivity index (χ2v) is 8.72. The Morgan fingerprint density at radius 1 is 0.889 bits per heavy atom. The Morgan fingerprint density at radius 2 is 1.44 bits per heavy atom. The van der Waals surface area contributed by atoms with Crippen LogP contribution >= 0.6 is 0 Å². The van der Waals surface area contributed by atoms with E-state index in [1.165, 1.54) is 6.92 Å². The van der Waals surface area contributed by atoms with Gasteiger partial charge < -0.3 is 37.0 Å². The number of carbonyl (C=O) groups is 5. The molecule has 6 unspecified atom stereocenters. The molecule has 0 radical (unpaired) electrons. The average molecular weight is 509 g/mol. The Balaban J connectivity index is 3.17. The van der Waals surface area contributed by atoms with Crippen LogP contribution in [0.4, 0.5) is 0 Å². The Kier molecular flexibility index (Phi) is 12.5. The lowest BCUT2D eigenvalue weighted by atomic mass is 9.98. The summed E-state index contributed by atoms with van der Waals surface area (Å²) in [5, 5.41) is 35.4. The summed E-state index contributed by atoms with van der Waals surface area (Å²) in [5.41, 5.74) is 6.29. The first kappa shape index (κ1) is 30.5. The van der Waals surface area contributed by atoms with Gasteiger partial charge >= 0.3 is 11.9 Å². The summed E-state index contributed by atoms with van der Waals surface area (Å²) in [4.78, 5) is 61.3. The van der Waals surface area contributed by atoms with Gasteiger partial charge in [-0.2, -0.15) is 0 Å². The van der Waals surface area contributed by atoms with Crippen molar-refractivity contribution in [2.45, 2.75) is 76.7 Å². The van der Waals surface area contributed by atoms with Crippen molar-refractivity contribution in [1.29, 1.82) is 0 Å². The highest BCUT2D eigenvalue weighted by molar-refractivity contribution is 5.94. The van der Waals surface area contributed by atoms with E-state index in [1.807, 2.05) is 0 Å². The molecule has 1 aromatic carbocycles. The van der Waals surface area contributed by atoms with Gasteiger partial charge in [0.15, 0.2) is 0 Å². The van der Waals surface area contributed by atoms with Crippen LogP contribution in [0.3, 0.4) is 0 Å². The van der Waals surface area contributed by atoms with Crippen LogP contribution in [0.2, 0.25) is 0 Å². The average Bonchev–Trinajstić information content (AvgIpc) is 2.83. The summed E-state index contributed by atoms with van der Waals surface area (Å²) in [6, 6.07) is 3.54. The summed E-state index contributed by atoms with van der Waals surface area (Å²) in [5.74, 6) is -5.29. The number of aliphatic hydroxyl groups is 1. The molecule has 0 saturated carbocycles. The lowest BCUT2D eigenvalue weighted by Gasteiger charge is -2.27. The SMILES string of the molecule is CCC(C)C(NC(=O)C(Cc1ccccc1)NC(=O)C(CCC(=O)O)NC(=O)C(N)C(C)O)C(=O)O. The number of nitrogens with one attached hydrogen (secondary N) is 3. The van der Waals surface area contributed by atoms with Gasteiger partial charge in [0.1, 0.15) is 24.2 Å². The quantitative estimate of drug-likeness (QED) is 0.161. The minimum atomic E-state index is -1.37. The van der Waals surface area contributed by atoms with Crippen LogP contribution in [-0.2, 0) is 30.4 Å². The van der Waals surface area contributed by atoms with E-state index in [4.69, 9.17) is 10.8 Å².